The van der Waals surface area contributed by atoms with Gasteiger partial charge in [-0.15, -0.1) is 0 Å². The number of likely N-dealkylation sites (N-methyl/N-ethyl adjacent to an activating group) is 1. The zero-order valence-corrected chi connectivity index (χ0v) is 10.9. The van der Waals surface area contributed by atoms with Crippen LogP contribution in [-0.4, -0.2) is 53.7 Å². The number of esters is 1. The predicted molar refractivity (Wildman–Crippen MR) is 67.0 cm³/mol. The van der Waals surface area contributed by atoms with Crippen LogP contribution < -0.4 is 5.32 Å². The smallest absolute Gasteiger partial charge is 0.322 e. The third-order valence-corrected chi connectivity index (χ3v) is 3.39. The van der Waals surface area contributed by atoms with Crippen molar-refractivity contribution in [3.8, 4) is 0 Å². The number of imidazole rings is 1. The van der Waals surface area contributed by atoms with E-state index in [4.69, 9.17) is 4.74 Å². The predicted octanol–water partition coefficient (Wildman–Crippen LogP) is -0.150. The summed E-state index contributed by atoms with van der Waals surface area (Å²) < 4.78 is 6.92. The van der Waals surface area contributed by atoms with Crippen LogP contribution in [0.4, 0.5) is 0 Å². The minimum absolute atomic E-state index is 0.198. The van der Waals surface area contributed by atoms with Crippen LogP contribution in [0.3, 0.4) is 0 Å². The molecule has 0 aliphatic carbocycles. The quantitative estimate of drug-likeness (QED) is 0.739. The molecule has 0 radical (unpaired) electrons. The van der Waals surface area contributed by atoms with E-state index in [1.807, 2.05) is 12.4 Å². The molecule has 1 aromatic rings. The molecule has 0 saturated heterocycles. The van der Waals surface area contributed by atoms with Crippen molar-refractivity contribution in [2.45, 2.75) is 25.6 Å². The molecule has 0 spiro atoms. The van der Waals surface area contributed by atoms with Gasteiger partial charge < -0.3 is 14.6 Å². The van der Waals surface area contributed by atoms with E-state index < -0.39 is 0 Å². The summed E-state index contributed by atoms with van der Waals surface area (Å²) in [5.74, 6) is 0.899. The lowest BCUT2D eigenvalue weighted by molar-refractivity contribution is -0.143. The first-order valence-corrected chi connectivity index (χ1v) is 6.22. The number of hydrogen-bond acceptors (Lipinski definition) is 5. The van der Waals surface area contributed by atoms with Crippen molar-refractivity contribution in [1.29, 1.82) is 0 Å². The number of ether oxygens (including phenoxy) is 1. The van der Waals surface area contributed by atoms with E-state index in [2.05, 4.69) is 19.8 Å². The molecular weight excluding hydrogens is 232 g/mol. The van der Waals surface area contributed by atoms with Gasteiger partial charge in [0.1, 0.15) is 11.9 Å². The Hall–Kier alpha value is -1.40. The highest BCUT2D eigenvalue weighted by Gasteiger charge is 2.21. The van der Waals surface area contributed by atoms with E-state index in [0.717, 1.165) is 38.4 Å². The van der Waals surface area contributed by atoms with Gasteiger partial charge in [-0.3, -0.25) is 9.69 Å². The lowest BCUT2D eigenvalue weighted by Gasteiger charge is -2.28. The molecule has 100 valence electrons. The molecule has 0 bridgehead atoms. The fourth-order valence-electron chi connectivity index (χ4n) is 2.25. The highest BCUT2D eigenvalue weighted by Crippen LogP contribution is 2.11. The molecule has 1 N–H and O–H groups in total. The fourth-order valence-corrected chi connectivity index (χ4v) is 2.25. The van der Waals surface area contributed by atoms with Gasteiger partial charge in [0.05, 0.1) is 13.7 Å². The Labute approximate surface area is 107 Å². The maximum absolute atomic E-state index is 11.5. The average Bonchev–Trinajstić information content (AvgIpc) is 2.86. The van der Waals surface area contributed by atoms with Gasteiger partial charge in [-0.2, -0.15) is 0 Å². The van der Waals surface area contributed by atoms with Crippen molar-refractivity contribution in [2.24, 2.45) is 0 Å². The number of rotatable bonds is 5. The third-order valence-electron chi connectivity index (χ3n) is 3.39. The monoisotopic (exact) mass is 252 g/mol. The summed E-state index contributed by atoms with van der Waals surface area (Å²) in [6.45, 7) is 3.69. The lowest BCUT2D eigenvalue weighted by atomic mass is 10.2. The van der Waals surface area contributed by atoms with Gasteiger partial charge in [-0.05, 0) is 13.5 Å². The van der Waals surface area contributed by atoms with Crippen LogP contribution in [-0.2, 0) is 22.6 Å². The molecule has 1 aliphatic heterocycles. The molecule has 0 amide bonds. The van der Waals surface area contributed by atoms with Crippen molar-refractivity contribution < 1.29 is 9.53 Å². The minimum atomic E-state index is -0.225. The summed E-state index contributed by atoms with van der Waals surface area (Å²) in [4.78, 5) is 18.1. The molecular formula is C12H20N4O2. The summed E-state index contributed by atoms with van der Waals surface area (Å²) in [7, 11) is 3.20. The van der Waals surface area contributed by atoms with Crippen molar-refractivity contribution in [1.82, 2.24) is 19.8 Å². The van der Waals surface area contributed by atoms with E-state index in [9.17, 15) is 4.79 Å². The Bertz CT molecular complexity index is 405. The third kappa shape index (κ3) is 2.88. The van der Waals surface area contributed by atoms with E-state index in [1.165, 1.54) is 7.11 Å². The zero-order valence-electron chi connectivity index (χ0n) is 10.9. The molecule has 1 unspecified atom stereocenters. The SMILES string of the molecule is CNC(CCN1CCn2ccnc2C1)C(=O)OC. The molecule has 6 nitrogen and oxygen atoms in total. The first kappa shape index (κ1) is 13.0. The van der Waals surface area contributed by atoms with E-state index >= 15 is 0 Å². The van der Waals surface area contributed by atoms with Crippen LogP contribution >= 0.6 is 0 Å². The number of carbonyl (C=O) groups excluding carboxylic acids is 1. The van der Waals surface area contributed by atoms with Crippen molar-refractivity contribution in [3.63, 3.8) is 0 Å². The first-order valence-electron chi connectivity index (χ1n) is 6.22. The topological polar surface area (TPSA) is 59.4 Å². The minimum Gasteiger partial charge on any atom is -0.468 e. The van der Waals surface area contributed by atoms with Gasteiger partial charge in [0, 0.05) is 32.0 Å². The van der Waals surface area contributed by atoms with Crippen LogP contribution in [0.2, 0.25) is 0 Å². The zero-order chi connectivity index (χ0) is 13.0. The second-order valence-corrected chi connectivity index (χ2v) is 4.47. The molecule has 2 rings (SSSR count). The molecule has 0 saturated carbocycles. The Morgan fingerprint density at radius 2 is 2.44 bits per heavy atom. The number of fused-ring (bicyclic) bond motifs is 1. The highest BCUT2D eigenvalue weighted by atomic mass is 16.5. The van der Waals surface area contributed by atoms with Crippen molar-refractivity contribution in [2.75, 3.05) is 27.2 Å². The Kier molecular flexibility index (Phi) is 4.33. The molecule has 1 aliphatic rings. The van der Waals surface area contributed by atoms with Crippen molar-refractivity contribution in [3.05, 3.63) is 18.2 Å². The van der Waals surface area contributed by atoms with E-state index in [-0.39, 0.29) is 12.0 Å². The number of nitrogens with zero attached hydrogens (tertiary/aromatic N) is 3. The number of methoxy groups -OCH3 is 1. The van der Waals surface area contributed by atoms with E-state index in [0.29, 0.717) is 0 Å². The fraction of sp³-hybridized carbons (Fsp3) is 0.667. The molecule has 2 heterocycles. The summed E-state index contributed by atoms with van der Waals surface area (Å²) in [5.41, 5.74) is 0. The first-order chi connectivity index (χ1) is 8.74. The van der Waals surface area contributed by atoms with Crippen LogP contribution in [0.25, 0.3) is 0 Å². The van der Waals surface area contributed by atoms with Crippen LogP contribution in [0.15, 0.2) is 12.4 Å². The lowest BCUT2D eigenvalue weighted by Crippen LogP contribution is -2.40. The summed E-state index contributed by atoms with van der Waals surface area (Å²) >= 11 is 0. The van der Waals surface area contributed by atoms with Gasteiger partial charge >= 0.3 is 5.97 Å². The van der Waals surface area contributed by atoms with Gasteiger partial charge in [-0.25, -0.2) is 4.98 Å². The maximum Gasteiger partial charge on any atom is 0.322 e. The summed E-state index contributed by atoms with van der Waals surface area (Å²) in [5, 5.41) is 2.98. The van der Waals surface area contributed by atoms with Crippen LogP contribution in [0.5, 0.6) is 0 Å². The van der Waals surface area contributed by atoms with Gasteiger partial charge in [0.25, 0.3) is 0 Å². The van der Waals surface area contributed by atoms with E-state index in [1.54, 1.807) is 7.05 Å². The average molecular weight is 252 g/mol. The number of aromatic nitrogens is 2. The van der Waals surface area contributed by atoms with Gasteiger partial charge in [-0.1, -0.05) is 0 Å². The second kappa shape index (κ2) is 5.97. The normalized spacial score (nSPS) is 17.2. The second-order valence-electron chi connectivity index (χ2n) is 4.47. The number of carbonyl (C=O) groups is 1. The number of nitrogens with one attached hydrogen (secondary N) is 1. The Morgan fingerprint density at radius 1 is 1.61 bits per heavy atom. The maximum atomic E-state index is 11.5. The molecule has 1 aromatic heterocycles. The summed E-state index contributed by atoms with van der Waals surface area (Å²) in [6.07, 6.45) is 4.60. The molecule has 18 heavy (non-hydrogen) atoms. The largest absolute Gasteiger partial charge is 0.468 e. The van der Waals surface area contributed by atoms with Gasteiger partial charge in [0.2, 0.25) is 0 Å². The Morgan fingerprint density at radius 3 is 3.17 bits per heavy atom. The van der Waals surface area contributed by atoms with Crippen LogP contribution in [0.1, 0.15) is 12.2 Å². The number of hydrogen-bond donors (Lipinski definition) is 1. The molecule has 0 aromatic carbocycles. The molecule has 0 fully saturated rings. The molecule has 6 heteroatoms. The Balaban J connectivity index is 1.83. The highest BCUT2D eigenvalue weighted by molar-refractivity contribution is 5.75. The van der Waals surface area contributed by atoms with Crippen LogP contribution in [0, 0.1) is 0 Å². The standard InChI is InChI=1S/C12H20N4O2/c1-13-10(12(17)18-2)3-5-15-7-8-16-6-4-14-11(16)9-15/h4,6,10,13H,3,5,7-9H2,1-2H3. The summed E-state index contributed by atoms with van der Waals surface area (Å²) in [6, 6.07) is -0.225. The molecule has 1 atom stereocenters. The van der Waals surface area contributed by atoms with Gasteiger partial charge in [0.15, 0.2) is 0 Å². The van der Waals surface area contributed by atoms with Crippen molar-refractivity contribution >= 4 is 5.97 Å².